The summed E-state index contributed by atoms with van der Waals surface area (Å²) in [5, 5.41) is 9.19. The first-order valence-electron chi connectivity index (χ1n) is 8.74. The SMILES string of the molecule is CC(=O)N(C/C=C(\C)CC/C=C(\C)CCC=C(C)C)[C@@H](CS)C(=O)O. The molecule has 0 unspecified atom stereocenters. The Bertz CT molecular complexity index is 531. The van der Waals surface area contributed by atoms with E-state index in [-0.39, 0.29) is 11.7 Å². The van der Waals surface area contributed by atoms with Gasteiger partial charge in [-0.2, -0.15) is 12.6 Å². The summed E-state index contributed by atoms with van der Waals surface area (Å²) in [5.74, 6) is -1.17. The fraction of sp³-hybridized carbons (Fsp3) is 0.600. The second-order valence-corrected chi connectivity index (χ2v) is 7.03. The van der Waals surface area contributed by atoms with Crippen LogP contribution in [0, 0.1) is 0 Å². The second-order valence-electron chi connectivity index (χ2n) is 6.67. The van der Waals surface area contributed by atoms with E-state index in [2.05, 4.69) is 45.6 Å². The molecular weight excluding hydrogens is 334 g/mol. The van der Waals surface area contributed by atoms with Crippen molar-refractivity contribution >= 4 is 24.5 Å². The molecule has 0 aromatic heterocycles. The zero-order valence-electron chi connectivity index (χ0n) is 16.2. The zero-order valence-corrected chi connectivity index (χ0v) is 17.1. The number of hydrogen-bond acceptors (Lipinski definition) is 3. The number of nitrogens with zero attached hydrogens (tertiary/aromatic N) is 1. The summed E-state index contributed by atoms with van der Waals surface area (Å²) in [6, 6.07) is -0.887. The summed E-state index contributed by atoms with van der Waals surface area (Å²) in [4.78, 5) is 24.3. The number of carboxylic acids is 1. The molecule has 142 valence electrons. The van der Waals surface area contributed by atoms with Gasteiger partial charge in [0, 0.05) is 19.2 Å². The molecule has 0 rings (SSSR count). The van der Waals surface area contributed by atoms with Gasteiger partial charge in [-0.15, -0.1) is 0 Å². The van der Waals surface area contributed by atoms with Gasteiger partial charge < -0.3 is 10.0 Å². The maximum atomic E-state index is 11.7. The number of carbonyl (C=O) groups excluding carboxylic acids is 1. The molecule has 0 radical (unpaired) electrons. The first-order chi connectivity index (χ1) is 11.7. The van der Waals surface area contributed by atoms with E-state index in [1.54, 1.807) is 0 Å². The Morgan fingerprint density at radius 2 is 1.48 bits per heavy atom. The Labute approximate surface area is 158 Å². The zero-order chi connectivity index (χ0) is 19.4. The molecule has 0 spiro atoms. The highest BCUT2D eigenvalue weighted by Gasteiger charge is 2.25. The van der Waals surface area contributed by atoms with Crippen molar-refractivity contribution in [2.24, 2.45) is 0 Å². The Hall–Kier alpha value is -1.49. The average Bonchev–Trinajstić information content (AvgIpc) is 2.50. The summed E-state index contributed by atoms with van der Waals surface area (Å²) in [5.41, 5.74) is 3.89. The molecule has 25 heavy (non-hydrogen) atoms. The molecule has 0 saturated carbocycles. The van der Waals surface area contributed by atoms with E-state index in [1.165, 1.54) is 23.0 Å². The molecule has 0 aliphatic carbocycles. The highest BCUT2D eigenvalue weighted by atomic mass is 32.1. The highest BCUT2D eigenvalue weighted by Crippen LogP contribution is 2.12. The van der Waals surface area contributed by atoms with Crippen molar-refractivity contribution < 1.29 is 14.7 Å². The summed E-state index contributed by atoms with van der Waals surface area (Å²) in [6.07, 6.45) is 10.5. The number of carbonyl (C=O) groups is 2. The number of hydrogen-bond donors (Lipinski definition) is 2. The maximum Gasteiger partial charge on any atom is 0.327 e. The predicted octanol–water partition coefficient (Wildman–Crippen LogP) is 4.64. The number of allylic oxidation sites excluding steroid dienone is 5. The minimum atomic E-state index is -1.02. The molecule has 0 aromatic carbocycles. The maximum absolute atomic E-state index is 11.7. The Kier molecular flexibility index (Phi) is 12.0. The van der Waals surface area contributed by atoms with Crippen LogP contribution in [0.15, 0.2) is 34.9 Å². The van der Waals surface area contributed by atoms with Crippen LogP contribution in [0.25, 0.3) is 0 Å². The lowest BCUT2D eigenvalue weighted by atomic mass is 10.1. The van der Waals surface area contributed by atoms with E-state index >= 15 is 0 Å². The Balaban J connectivity index is 4.53. The standard InChI is InChI=1S/C20H33NO3S/c1-15(2)8-6-9-16(3)10-7-11-17(4)12-13-21(18(5)22)19(14-25)20(23)24/h8,10,12,19,25H,6-7,9,11,13-14H2,1-5H3,(H,23,24)/b16-10+,17-12+/t19-/m0/s1. The third kappa shape index (κ3) is 10.9. The van der Waals surface area contributed by atoms with E-state index in [9.17, 15) is 14.7 Å². The molecule has 0 saturated heterocycles. The first-order valence-corrected chi connectivity index (χ1v) is 9.37. The highest BCUT2D eigenvalue weighted by molar-refractivity contribution is 7.80. The number of thiol groups is 1. The minimum Gasteiger partial charge on any atom is -0.480 e. The number of carboxylic acid groups (broad SMARTS) is 1. The molecule has 0 fully saturated rings. The van der Waals surface area contributed by atoms with Gasteiger partial charge in [0.15, 0.2) is 0 Å². The van der Waals surface area contributed by atoms with Crippen LogP contribution in [-0.2, 0) is 9.59 Å². The quantitative estimate of drug-likeness (QED) is 0.413. The van der Waals surface area contributed by atoms with Gasteiger partial charge in [0.1, 0.15) is 6.04 Å². The van der Waals surface area contributed by atoms with Crippen molar-refractivity contribution in [3.63, 3.8) is 0 Å². The average molecular weight is 368 g/mol. The van der Waals surface area contributed by atoms with Crippen molar-refractivity contribution in [2.75, 3.05) is 12.3 Å². The van der Waals surface area contributed by atoms with E-state index in [4.69, 9.17) is 0 Å². The molecule has 0 bridgehead atoms. The fourth-order valence-corrected chi connectivity index (χ4v) is 2.73. The number of rotatable bonds is 11. The lowest BCUT2D eigenvalue weighted by Gasteiger charge is -2.25. The van der Waals surface area contributed by atoms with Crippen LogP contribution < -0.4 is 0 Å². The van der Waals surface area contributed by atoms with Crippen molar-refractivity contribution in [1.29, 1.82) is 0 Å². The van der Waals surface area contributed by atoms with Gasteiger partial charge in [-0.1, -0.05) is 34.9 Å². The van der Waals surface area contributed by atoms with Gasteiger partial charge in [0.05, 0.1) is 0 Å². The van der Waals surface area contributed by atoms with Crippen LogP contribution in [-0.4, -0.2) is 40.2 Å². The third-order valence-electron chi connectivity index (χ3n) is 4.00. The molecule has 1 N–H and O–H groups in total. The van der Waals surface area contributed by atoms with Crippen LogP contribution >= 0.6 is 12.6 Å². The molecular formula is C20H33NO3S. The largest absolute Gasteiger partial charge is 0.480 e. The van der Waals surface area contributed by atoms with Gasteiger partial charge in [-0.25, -0.2) is 4.79 Å². The van der Waals surface area contributed by atoms with Crippen LogP contribution in [0.5, 0.6) is 0 Å². The molecule has 0 aromatic rings. The van der Waals surface area contributed by atoms with Crippen LogP contribution in [0.3, 0.4) is 0 Å². The van der Waals surface area contributed by atoms with Gasteiger partial charge in [-0.05, 0) is 53.4 Å². The number of aliphatic carboxylic acids is 1. The van der Waals surface area contributed by atoms with Gasteiger partial charge in [0.25, 0.3) is 0 Å². The van der Waals surface area contributed by atoms with Crippen molar-refractivity contribution in [1.82, 2.24) is 4.90 Å². The molecule has 0 heterocycles. The molecule has 5 heteroatoms. The van der Waals surface area contributed by atoms with Gasteiger partial charge in [-0.3, -0.25) is 4.79 Å². The van der Waals surface area contributed by atoms with E-state index in [0.717, 1.165) is 31.3 Å². The summed E-state index contributed by atoms with van der Waals surface area (Å²) >= 11 is 4.05. The van der Waals surface area contributed by atoms with Crippen LogP contribution in [0.4, 0.5) is 0 Å². The Morgan fingerprint density at radius 3 is 1.92 bits per heavy atom. The van der Waals surface area contributed by atoms with Crippen molar-refractivity contribution in [2.45, 2.75) is 66.3 Å². The third-order valence-corrected chi connectivity index (χ3v) is 4.34. The predicted molar refractivity (Wildman–Crippen MR) is 108 cm³/mol. The summed E-state index contributed by atoms with van der Waals surface area (Å²) in [6.45, 7) is 10.1. The van der Waals surface area contributed by atoms with E-state index in [1.807, 2.05) is 13.0 Å². The monoisotopic (exact) mass is 367 g/mol. The van der Waals surface area contributed by atoms with Crippen LogP contribution in [0.1, 0.15) is 60.3 Å². The van der Waals surface area contributed by atoms with E-state index < -0.39 is 12.0 Å². The lowest BCUT2D eigenvalue weighted by Crippen LogP contribution is -2.45. The first kappa shape index (κ1) is 23.5. The smallest absolute Gasteiger partial charge is 0.327 e. The topological polar surface area (TPSA) is 57.6 Å². The van der Waals surface area contributed by atoms with E-state index in [0.29, 0.717) is 6.54 Å². The Morgan fingerprint density at radius 1 is 0.960 bits per heavy atom. The number of amides is 1. The second kappa shape index (κ2) is 12.8. The molecule has 0 aliphatic heterocycles. The van der Waals surface area contributed by atoms with Crippen molar-refractivity contribution in [3.05, 3.63) is 34.9 Å². The normalized spacial score (nSPS) is 13.4. The molecule has 1 atom stereocenters. The van der Waals surface area contributed by atoms with Gasteiger partial charge in [0.2, 0.25) is 5.91 Å². The van der Waals surface area contributed by atoms with Crippen LogP contribution in [0.2, 0.25) is 0 Å². The fourth-order valence-electron chi connectivity index (χ4n) is 2.38. The minimum absolute atomic E-state index is 0.107. The molecule has 1 amide bonds. The summed E-state index contributed by atoms with van der Waals surface area (Å²) in [7, 11) is 0. The summed E-state index contributed by atoms with van der Waals surface area (Å²) < 4.78 is 0. The molecule has 0 aliphatic rings. The lowest BCUT2D eigenvalue weighted by molar-refractivity contribution is -0.147. The van der Waals surface area contributed by atoms with Gasteiger partial charge >= 0.3 is 5.97 Å². The van der Waals surface area contributed by atoms with Crippen molar-refractivity contribution in [3.8, 4) is 0 Å². The molecule has 4 nitrogen and oxygen atoms in total.